The highest BCUT2D eigenvalue weighted by Gasteiger charge is 2.24. The monoisotopic (exact) mass is 254 g/mol. The van der Waals surface area contributed by atoms with Gasteiger partial charge in [0.05, 0.1) is 5.52 Å². The fraction of sp³-hybridized carbons (Fsp3) is 0.471. The molecule has 1 saturated carbocycles. The van der Waals surface area contributed by atoms with Crippen molar-refractivity contribution in [2.24, 2.45) is 11.7 Å². The number of fused-ring (bicyclic) bond motifs is 1. The summed E-state index contributed by atoms with van der Waals surface area (Å²) in [7, 11) is 0. The summed E-state index contributed by atoms with van der Waals surface area (Å²) in [5.74, 6) is 1.27. The number of hydrogen-bond acceptors (Lipinski definition) is 2. The van der Waals surface area contributed by atoms with E-state index in [2.05, 4.69) is 29.2 Å². The highest BCUT2D eigenvalue weighted by atomic mass is 14.6. The lowest BCUT2D eigenvalue weighted by Crippen LogP contribution is -2.21. The van der Waals surface area contributed by atoms with E-state index in [4.69, 9.17) is 5.73 Å². The van der Waals surface area contributed by atoms with Crippen molar-refractivity contribution < 1.29 is 0 Å². The van der Waals surface area contributed by atoms with Crippen molar-refractivity contribution in [2.75, 3.05) is 6.54 Å². The maximum absolute atomic E-state index is 6.00. The molecule has 1 fully saturated rings. The van der Waals surface area contributed by atoms with Gasteiger partial charge in [-0.1, -0.05) is 37.5 Å². The molecule has 0 aliphatic heterocycles. The van der Waals surface area contributed by atoms with E-state index >= 15 is 0 Å². The van der Waals surface area contributed by atoms with Gasteiger partial charge in [-0.25, -0.2) is 0 Å². The third-order valence-electron chi connectivity index (χ3n) is 4.52. The molecule has 0 radical (unpaired) electrons. The van der Waals surface area contributed by atoms with Gasteiger partial charge in [0.1, 0.15) is 0 Å². The first-order chi connectivity index (χ1) is 9.38. The molecule has 0 bridgehead atoms. The quantitative estimate of drug-likeness (QED) is 0.827. The Bertz CT molecular complexity index is 550. The molecule has 0 spiro atoms. The first-order valence-corrected chi connectivity index (χ1v) is 7.43. The van der Waals surface area contributed by atoms with Crippen molar-refractivity contribution in [3.05, 3.63) is 42.1 Å². The van der Waals surface area contributed by atoms with E-state index in [1.54, 1.807) is 0 Å². The van der Waals surface area contributed by atoms with Gasteiger partial charge in [0, 0.05) is 11.6 Å². The van der Waals surface area contributed by atoms with Crippen molar-refractivity contribution >= 4 is 10.9 Å². The molecule has 2 heteroatoms. The summed E-state index contributed by atoms with van der Waals surface area (Å²) in [6, 6.07) is 10.9. The average Bonchev–Trinajstić information content (AvgIpc) is 2.72. The third-order valence-corrected chi connectivity index (χ3v) is 4.52. The van der Waals surface area contributed by atoms with E-state index in [0.29, 0.717) is 11.8 Å². The lowest BCUT2D eigenvalue weighted by molar-refractivity contribution is 0.408. The third kappa shape index (κ3) is 2.64. The largest absolute Gasteiger partial charge is 0.330 e. The molecule has 1 aliphatic carbocycles. The minimum atomic E-state index is 0.624. The Morgan fingerprint density at radius 3 is 2.89 bits per heavy atom. The van der Waals surface area contributed by atoms with Crippen LogP contribution in [0.25, 0.3) is 10.9 Å². The number of rotatable bonds is 2. The van der Waals surface area contributed by atoms with E-state index in [9.17, 15) is 0 Å². The van der Waals surface area contributed by atoms with Crippen LogP contribution in [0.1, 0.15) is 43.6 Å². The lowest BCUT2D eigenvalue weighted by Gasteiger charge is -2.24. The van der Waals surface area contributed by atoms with E-state index in [-0.39, 0.29) is 0 Å². The average molecular weight is 254 g/mol. The zero-order valence-electron chi connectivity index (χ0n) is 11.4. The number of aromatic nitrogens is 1. The van der Waals surface area contributed by atoms with Crippen LogP contribution in [0.5, 0.6) is 0 Å². The minimum absolute atomic E-state index is 0.624. The first-order valence-electron chi connectivity index (χ1n) is 7.43. The molecule has 1 aromatic heterocycles. The Balaban J connectivity index is 1.96. The van der Waals surface area contributed by atoms with Gasteiger partial charge in [-0.3, -0.25) is 4.98 Å². The number of hydrogen-bond donors (Lipinski definition) is 1. The lowest BCUT2D eigenvalue weighted by atomic mass is 9.82. The Kier molecular flexibility index (Phi) is 3.79. The van der Waals surface area contributed by atoms with Crippen molar-refractivity contribution in [1.82, 2.24) is 4.98 Å². The van der Waals surface area contributed by atoms with Crippen LogP contribution in [0.3, 0.4) is 0 Å². The molecular formula is C17H22N2. The molecule has 1 aromatic carbocycles. The molecule has 2 N–H and O–H groups in total. The summed E-state index contributed by atoms with van der Waals surface area (Å²) in [6.45, 7) is 0.810. The normalized spacial score (nSPS) is 24.3. The van der Waals surface area contributed by atoms with Crippen molar-refractivity contribution in [2.45, 2.75) is 38.0 Å². The fourth-order valence-corrected chi connectivity index (χ4v) is 3.42. The number of nitrogens with two attached hydrogens (primary N) is 1. The Morgan fingerprint density at radius 2 is 2.00 bits per heavy atom. The summed E-state index contributed by atoms with van der Waals surface area (Å²) in [4.78, 5) is 4.48. The Labute approximate surface area is 115 Å². The molecule has 0 saturated heterocycles. The predicted molar refractivity (Wildman–Crippen MR) is 80.1 cm³/mol. The van der Waals surface area contributed by atoms with Gasteiger partial charge in [0.2, 0.25) is 0 Å². The SMILES string of the molecule is NCC1CCCCCC1c1ccc2cccnc2c1. The van der Waals surface area contributed by atoms with Crippen LogP contribution in [-0.2, 0) is 0 Å². The van der Waals surface area contributed by atoms with E-state index in [0.717, 1.165) is 12.1 Å². The van der Waals surface area contributed by atoms with Gasteiger partial charge in [0.15, 0.2) is 0 Å². The summed E-state index contributed by atoms with van der Waals surface area (Å²) in [5, 5.41) is 1.23. The van der Waals surface area contributed by atoms with Crippen LogP contribution in [0.4, 0.5) is 0 Å². The summed E-state index contributed by atoms with van der Waals surface area (Å²) < 4.78 is 0. The highest BCUT2D eigenvalue weighted by Crippen LogP contribution is 2.36. The van der Waals surface area contributed by atoms with E-state index in [1.165, 1.54) is 43.1 Å². The maximum Gasteiger partial charge on any atom is 0.0704 e. The smallest absolute Gasteiger partial charge is 0.0704 e. The highest BCUT2D eigenvalue weighted by molar-refractivity contribution is 5.79. The molecule has 1 heterocycles. The molecule has 3 rings (SSSR count). The van der Waals surface area contributed by atoms with Crippen LogP contribution >= 0.6 is 0 Å². The van der Waals surface area contributed by atoms with Gasteiger partial charge >= 0.3 is 0 Å². The summed E-state index contributed by atoms with van der Waals surface area (Å²) >= 11 is 0. The molecule has 0 amide bonds. The topological polar surface area (TPSA) is 38.9 Å². The molecule has 2 nitrogen and oxygen atoms in total. The van der Waals surface area contributed by atoms with Gasteiger partial charge < -0.3 is 5.73 Å². The van der Waals surface area contributed by atoms with E-state index < -0.39 is 0 Å². The van der Waals surface area contributed by atoms with Gasteiger partial charge in [-0.2, -0.15) is 0 Å². The van der Waals surface area contributed by atoms with Crippen LogP contribution in [-0.4, -0.2) is 11.5 Å². The predicted octanol–water partition coefficient (Wildman–Crippen LogP) is 3.86. The molecule has 100 valence electrons. The Hall–Kier alpha value is -1.41. The van der Waals surface area contributed by atoms with Crippen LogP contribution in [0, 0.1) is 5.92 Å². The molecule has 19 heavy (non-hydrogen) atoms. The molecular weight excluding hydrogens is 232 g/mol. The first kappa shape index (κ1) is 12.6. The maximum atomic E-state index is 6.00. The van der Waals surface area contributed by atoms with E-state index in [1.807, 2.05) is 12.3 Å². The second-order valence-corrected chi connectivity index (χ2v) is 5.70. The molecule has 1 aliphatic rings. The van der Waals surface area contributed by atoms with Crippen LogP contribution in [0.2, 0.25) is 0 Å². The van der Waals surface area contributed by atoms with Crippen molar-refractivity contribution in [3.63, 3.8) is 0 Å². The summed E-state index contributed by atoms with van der Waals surface area (Å²) in [6.07, 6.45) is 8.46. The zero-order valence-corrected chi connectivity index (χ0v) is 11.4. The zero-order chi connectivity index (χ0) is 13.1. The fourth-order valence-electron chi connectivity index (χ4n) is 3.42. The molecule has 2 aromatic rings. The second kappa shape index (κ2) is 5.70. The number of benzene rings is 1. The van der Waals surface area contributed by atoms with Gasteiger partial charge in [0.25, 0.3) is 0 Å². The minimum Gasteiger partial charge on any atom is -0.330 e. The van der Waals surface area contributed by atoms with Gasteiger partial charge in [-0.05, 0) is 48.9 Å². The standard InChI is InChI=1S/C17H22N2/c18-12-15-5-2-1-3-7-16(15)14-9-8-13-6-4-10-19-17(13)11-14/h4,6,8-11,15-16H,1-3,5,7,12,18H2. The number of pyridine rings is 1. The van der Waals surface area contributed by atoms with Crippen molar-refractivity contribution in [1.29, 1.82) is 0 Å². The van der Waals surface area contributed by atoms with Crippen LogP contribution in [0.15, 0.2) is 36.5 Å². The molecule has 2 atom stereocenters. The second-order valence-electron chi connectivity index (χ2n) is 5.70. The molecule has 2 unspecified atom stereocenters. The Morgan fingerprint density at radius 1 is 1.11 bits per heavy atom. The van der Waals surface area contributed by atoms with Crippen LogP contribution < -0.4 is 5.73 Å². The van der Waals surface area contributed by atoms with Crippen molar-refractivity contribution in [3.8, 4) is 0 Å². The number of nitrogens with zero attached hydrogens (tertiary/aromatic N) is 1. The van der Waals surface area contributed by atoms with Gasteiger partial charge in [-0.15, -0.1) is 0 Å². The summed E-state index contributed by atoms with van der Waals surface area (Å²) in [5.41, 5.74) is 8.54.